The third-order valence-electron chi connectivity index (χ3n) is 4.42. The van der Waals surface area contributed by atoms with E-state index in [0.29, 0.717) is 11.5 Å². The van der Waals surface area contributed by atoms with E-state index >= 15 is 0 Å². The fourth-order valence-electron chi connectivity index (χ4n) is 3.08. The molecular formula is C19H20O4. The third kappa shape index (κ3) is 3.83. The standard InChI is InChI=1S/C19H20O4/c20-16-7-1-13(2-8-16)14-5-11-18(12-6-14)23-19(22)15-3-9-17(21)10-4-15/h1-4,7-10,14,18,20-21H,5-6,11-12H2/t14-,18-. The second-order valence-corrected chi connectivity index (χ2v) is 6.02. The van der Waals surface area contributed by atoms with Crippen molar-refractivity contribution in [2.24, 2.45) is 0 Å². The lowest BCUT2D eigenvalue weighted by Gasteiger charge is -2.28. The molecule has 2 aromatic rings. The Hall–Kier alpha value is -2.49. The molecule has 0 bridgehead atoms. The number of carbonyl (C=O) groups excluding carboxylic acids is 1. The van der Waals surface area contributed by atoms with Crippen molar-refractivity contribution in [1.82, 2.24) is 0 Å². The summed E-state index contributed by atoms with van der Waals surface area (Å²) >= 11 is 0. The Morgan fingerprint density at radius 1 is 0.826 bits per heavy atom. The van der Waals surface area contributed by atoms with Crippen molar-refractivity contribution >= 4 is 5.97 Å². The predicted molar refractivity (Wildman–Crippen MR) is 86.6 cm³/mol. The Balaban J connectivity index is 1.53. The van der Waals surface area contributed by atoms with Gasteiger partial charge < -0.3 is 14.9 Å². The van der Waals surface area contributed by atoms with E-state index in [-0.39, 0.29) is 23.6 Å². The van der Waals surface area contributed by atoms with Crippen LogP contribution in [0.3, 0.4) is 0 Å². The van der Waals surface area contributed by atoms with Gasteiger partial charge in [0.2, 0.25) is 0 Å². The molecule has 1 saturated carbocycles. The Labute approximate surface area is 135 Å². The van der Waals surface area contributed by atoms with Crippen LogP contribution < -0.4 is 0 Å². The molecule has 3 rings (SSSR count). The molecule has 0 amide bonds. The molecule has 4 nitrogen and oxygen atoms in total. The first-order valence-electron chi connectivity index (χ1n) is 7.91. The van der Waals surface area contributed by atoms with Gasteiger partial charge in [-0.2, -0.15) is 0 Å². The molecule has 0 atom stereocenters. The van der Waals surface area contributed by atoms with Crippen LogP contribution in [-0.4, -0.2) is 22.3 Å². The summed E-state index contributed by atoms with van der Waals surface area (Å²) in [6.07, 6.45) is 3.58. The fraction of sp³-hybridized carbons (Fsp3) is 0.316. The lowest BCUT2D eigenvalue weighted by Crippen LogP contribution is -2.23. The van der Waals surface area contributed by atoms with Crippen LogP contribution in [0.15, 0.2) is 48.5 Å². The van der Waals surface area contributed by atoms with Gasteiger partial charge in [0.25, 0.3) is 0 Å². The zero-order valence-corrected chi connectivity index (χ0v) is 12.8. The Morgan fingerprint density at radius 2 is 1.35 bits per heavy atom. The second kappa shape index (κ2) is 6.73. The fourth-order valence-corrected chi connectivity index (χ4v) is 3.08. The zero-order chi connectivity index (χ0) is 16.2. The first-order chi connectivity index (χ1) is 11.1. The summed E-state index contributed by atoms with van der Waals surface area (Å²) in [4.78, 5) is 12.1. The van der Waals surface area contributed by atoms with Crippen molar-refractivity contribution in [3.63, 3.8) is 0 Å². The van der Waals surface area contributed by atoms with Crippen LogP contribution in [0.4, 0.5) is 0 Å². The van der Waals surface area contributed by atoms with Crippen LogP contribution in [0.25, 0.3) is 0 Å². The first-order valence-corrected chi connectivity index (χ1v) is 7.91. The van der Waals surface area contributed by atoms with Gasteiger partial charge in [0.1, 0.15) is 17.6 Å². The average Bonchev–Trinajstić information content (AvgIpc) is 2.57. The lowest BCUT2D eigenvalue weighted by molar-refractivity contribution is 0.0195. The Bertz CT molecular complexity index is 653. The van der Waals surface area contributed by atoms with Crippen molar-refractivity contribution in [1.29, 1.82) is 0 Å². The zero-order valence-electron chi connectivity index (χ0n) is 12.8. The molecule has 23 heavy (non-hydrogen) atoms. The van der Waals surface area contributed by atoms with Gasteiger partial charge in [-0.25, -0.2) is 4.79 Å². The van der Waals surface area contributed by atoms with Crippen LogP contribution in [0, 0.1) is 0 Å². The highest BCUT2D eigenvalue weighted by atomic mass is 16.5. The van der Waals surface area contributed by atoms with Crippen LogP contribution in [-0.2, 0) is 4.74 Å². The number of esters is 1. The first kappa shape index (κ1) is 15.4. The van der Waals surface area contributed by atoms with Crippen LogP contribution in [0.5, 0.6) is 11.5 Å². The second-order valence-electron chi connectivity index (χ2n) is 6.02. The summed E-state index contributed by atoms with van der Waals surface area (Å²) < 4.78 is 5.56. The SMILES string of the molecule is O=C(O[C@H]1CC[C@H](c2ccc(O)cc2)CC1)c1ccc(O)cc1. The summed E-state index contributed by atoms with van der Waals surface area (Å²) in [5.41, 5.74) is 1.69. The molecule has 0 radical (unpaired) electrons. The van der Waals surface area contributed by atoms with Gasteiger partial charge in [-0.15, -0.1) is 0 Å². The topological polar surface area (TPSA) is 66.8 Å². The molecule has 0 unspecified atom stereocenters. The van der Waals surface area contributed by atoms with Crippen LogP contribution in [0.2, 0.25) is 0 Å². The number of carbonyl (C=O) groups is 1. The molecule has 0 heterocycles. The number of aromatic hydroxyl groups is 2. The number of hydrogen-bond acceptors (Lipinski definition) is 4. The minimum atomic E-state index is -0.335. The number of phenols is 2. The van der Waals surface area contributed by atoms with Crippen LogP contribution >= 0.6 is 0 Å². The molecule has 2 N–H and O–H groups in total. The number of hydrogen-bond donors (Lipinski definition) is 2. The maximum Gasteiger partial charge on any atom is 0.338 e. The van der Waals surface area contributed by atoms with Crippen molar-refractivity contribution in [3.8, 4) is 11.5 Å². The Morgan fingerprint density at radius 3 is 1.91 bits per heavy atom. The van der Waals surface area contributed by atoms with Crippen molar-refractivity contribution < 1.29 is 19.7 Å². The molecule has 1 fully saturated rings. The van der Waals surface area contributed by atoms with Gasteiger partial charge in [-0.3, -0.25) is 0 Å². The van der Waals surface area contributed by atoms with Crippen molar-refractivity contribution in [2.75, 3.05) is 0 Å². The van der Waals surface area contributed by atoms with Crippen LogP contribution in [0.1, 0.15) is 47.5 Å². The molecule has 120 valence electrons. The van der Waals surface area contributed by atoms with E-state index in [2.05, 4.69) is 0 Å². The Kier molecular flexibility index (Phi) is 4.51. The number of rotatable bonds is 3. The third-order valence-corrected chi connectivity index (χ3v) is 4.42. The van der Waals surface area contributed by atoms with E-state index in [0.717, 1.165) is 25.7 Å². The summed E-state index contributed by atoms with van der Waals surface area (Å²) in [5, 5.41) is 18.6. The monoisotopic (exact) mass is 312 g/mol. The highest BCUT2D eigenvalue weighted by Crippen LogP contribution is 2.34. The molecule has 0 aliphatic heterocycles. The summed E-state index contributed by atoms with van der Waals surface area (Å²) in [6.45, 7) is 0. The minimum Gasteiger partial charge on any atom is -0.508 e. The van der Waals surface area contributed by atoms with E-state index in [1.54, 1.807) is 24.3 Å². The van der Waals surface area contributed by atoms with Gasteiger partial charge >= 0.3 is 5.97 Å². The highest BCUT2D eigenvalue weighted by molar-refractivity contribution is 5.89. The number of benzene rings is 2. The molecule has 4 heteroatoms. The van der Waals surface area contributed by atoms with E-state index < -0.39 is 0 Å². The van der Waals surface area contributed by atoms with E-state index in [1.165, 1.54) is 17.7 Å². The summed E-state index contributed by atoms with van der Waals surface area (Å²) in [5.74, 6) is 0.540. The molecule has 0 saturated heterocycles. The van der Waals surface area contributed by atoms with Gasteiger partial charge in [-0.05, 0) is 73.6 Å². The normalized spacial score (nSPS) is 20.9. The molecule has 0 aromatic heterocycles. The molecule has 1 aliphatic rings. The van der Waals surface area contributed by atoms with E-state index in [9.17, 15) is 15.0 Å². The quantitative estimate of drug-likeness (QED) is 0.841. The molecule has 2 aromatic carbocycles. The average molecular weight is 312 g/mol. The number of phenolic OH excluding ortho intramolecular Hbond substituents is 2. The van der Waals surface area contributed by atoms with E-state index in [4.69, 9.17) is 4.74 Å². The molecular weight excluding hydrogens is 292 g/mol. The summed E-state index contributed by atoms with van der Waals surface area (Å²) in [6, 6.07) is 13.5. The predicted octanol–water partition coefficient (Wildman–Crippen LogP) is 3.98. The van der Waals surface area contributed by atoms with E-state index in [1.807, 2.05) is 12.1 Å². The smallest absolute Gasteiger partial charge is 0.338 e. The van der Waals surface area contributed by atoms with Crippen molar-refractivity contribution in [2.45, 2.75) is 37.7 Å². The lowest BCUT2D eigenvalue weighted by atomic mass is 9.83. The molecule has 1 aliphatic carbocycles. The highest BCUT2D eigenvalue weighted by Gasteiger charge is 2.25. The molecule has 0 spiro atoms. The van der Waals surface area contributed by atoms with Crippen molar-refractivity contribution in [3.05, 3.63) is 59.7 Å². The van der Waals surface area contributed by atoms with Gasteiger partial charge in [0.15, 0.2) is 0 Å². The largest absolute Gasteiger partial charge is 0.508 e. The van der Waals surface area contributed by atoms with Gasteiger partial charge in [0, 0.05) is 0 Å². The van der Waals surface area contributed by atoms with Gasteiger partial charge in [-0.1, -0.05) is 12.1 Å². The van der Waals surface area contributed by atoms with Gasteiger partial charge in [0.05, 0.1) is 5.56 Å². The number of ether oxygens (including phenoxy) is 1. The minimum absolute atomic E-state index is 0.0512. The summed E-state index contributed by atoms with van der Waals surface area (Å²) in [7, 11) is 0. The maximum absolute atomic E-state index is 12.1. The maximum atomic E-state index is 12.1.